The molecule has 2 nitrogen and oxygen atoms in total. The van der Waals surface area contributed by atoms with E-state index in [-0.39, 0.29) is 5.60 Å². The van der Waals surface area contributed by atoms with Gasteiger partial charge in [0.2, 0.25) is 0 Å². The van der Waals surface area contributed by atoms with Crippen LogP contribution >= 0.6 is 0 Å². The van der Waals surface area contributed by atoms with Crippen LogP contribution in [0.25, 0.3) is 0 Å². The first-order chi connectivity index (χ1) is 7.98. The lowest BCUT2D eigenvalue weighted by Crippen LogP contribution is -2.29. The van der Waals surface area contributed by atoms with Crippen LogP contribution in [0.2, 0.25) is 0 Å². The summed E-state index contributed by atoms with van der Waals surface area (Å²) in [4.78, 5) is 11.9. The monoisotopic (exact) mass is 240 g/mol. The Hall–Kier alpha value is -0.370. The van der Waals surface area contributed by atoms with E-state index in [4.69, 9.17) is 4.74 Å². The van der Waals surface area contributed by atoms with Crippen molar-refractivity contribution in [2.45, 2.75) is 71.3 Å². The Balaban J connectivity index is 2.42. The van der Waals surface area contributed by atoms with E-state index >= 15 is 0 Å². The van der Waals surface area contributed by atoms with E-state index in [2.05, 4.69) is 20.8 Å². The second kappa shape index (κ2) is 6.53. The summed E-state index contributed by atoms with van der Waals surface area (Å²) >= 11 is 0. The largest absolute Gasteiger partial charge is 0.379 e. The van der Waals surface area contributed by atoms with Crippen molar-refractivity contribution in [2.75, 3.05) is 7.11 Å². The first-order valence-electron chi connectivity index (χ1n) is 7.06. The molecule has 1 aliphatic rings. The highest BCUT2D eigenvalue weighted by Gasteiger charge is 2.29. The summed E-state index contributed by atoms with van der Waals surface area (Å²) in [7, 11) is 1.75. The molecule has 0 heterocycles. The molecule has 0 saturated heterocycles. The van der Waals surface area contributed by atoms with E-state index in [1.165, 1.54) is 12.8 Å². The van der Waals surface area contributed by atoms with Crippen LogP contribution < -0.4 is 0 Å². The van der Waals surface area contributed by atoms with Crippen molar-refractivity contribution < 1.29 is 9.53 Å². The van der Waals surface area contributed by atoms with Crippen molar-refractivity contribution in [2.24, 2.45) is 11.8 Å². The second-order valence-corrected chi connectivity index (χ2v) is 6.09. The average molecular weight is 240 g/mol. The van der Waals surface area contributed by atoms with Crippen LogP contribution in [0.3, 0.4) is 0 Å². The highest BCUT2D eigenvalue weighted by atomic mass is 16.5. The summed E-state index contributed by atoms with van der Waals surface area (Å²) < 4.78 is 5.43. The van der Waals surface area contributed by atoms with Gasteiger partial charge < -0.3 is 4.74 Å². The molecule has 1 fully saturated rings. The Bertz CT molecular complexity index is 245. The topological polar surface area (TPSA) is 26.3 Å². The lowest BCUT2D eigenvalue weighted by Gasteiger charge is -2.30. The van der Waals surface area contributed by atoms with E-state index in [0.717, 1.165) is 38.0 Å². The van der Waals surface area contributed by atoms with Crippen molar-refractivity contribution >= 4 is 5.78 Å². The molecule has 1 rings (SSSR count). The molecule has 2 heteroatoms. The smallest absolute Gasteiger partial charge is 0.135 e. The minimum absolute atomic E-state index is 0.0853. The SMILES string of the molecule is CCCC1CCC(=O)C(CCC(C)(C)OC)C1. The number of ketones is 1. The van der Waals surface area contributed by atoms with Crippen LogP contribution in [-0.2, 0) is 9.53 Å². The van der Waals surface area contributed by atoms with Crippen LogP contribution in [0.1, 0.15) is 65.7 Å². The summed E-state index contributed by atoms with van der Waals surface area (Å²) in [6, 6.07) is 0. The molecule has 0 bridgehead atoms. The maximum Gasteiger partial charge on any atom is 0.135 e. The third kappa shape index (κ3) is 4.79. The number of hydrogen-bond donors (Lipinski definition) is 0. The van der Waals surface area contributed by atoms with Gasteiger partial charge in [-0.1, -0.05) is 19.8 Å². The van der Waals surface area contributed by atoms with Crippen molar-refractivity contribution in [3.05, 3.63) is 0 Å². The normalized spacial score (nSPS) is 26.2. The Morgan fingerprint density at radius 1 is 1.35 bits per heavy atom. The van der Waals surface area contributed by atoms with Crippen LogP contribution in [-0.4, -0.2) is 18.5 Å². The number of rotatable bonds is 6. The van der Waals surface area contributed by atoms with Crippen LogP contribution in [0.5, 0.6) is 0 Å². The van der Waals surface area contributed by atoms with Gasteiger partial charge in [0.15, 0.2) is 0 Å². The fourth-order valence-corrected chi connectivity index (χ4v) is 2.78. The van der Waals surface area contributed by atoms with Crippen molar-refractivity contribution in [3.8, 4) is 0 Å². The van der Waals surface area contributed by atoms with Crippen LogP contribution in [0, 0.1) is 11.8 Å². The number of carbonyl (C=O) groups is 1. The van der Waals surface area contributed by atoms with Crippen molar-refractivity contribution in [3.63, 3.8) is 0 Å². The molecule has 17 heavy (non-hydrogen) atoms. The van der Waals surface area contributed by atoms with Gasteiger partial charge in [-0.2, -0.15) is 0 Å². The Morgan fingerprint density at radius 2 is 2.06 bits per heavy atom. The number of Topliss-reactive ketones (excluding diaryl/α,β-unsaturated/α-hetero) is 1. The molecule has 0 aromatic heterocycles. The van der Waals surface area contributed by atoms with Gasteiger partial charge in [0.1, 0.15) is 5.78 Å². The molecule has 0 aromatic rings. The summed E-state index contributed by atoms with van der Waals surface area (Å²) in [5.74, 6) is 1.58. The Kier molecular flexibility index (Phi) is 5.64. The molecule has 0 amide bonds. The van der Waals surface area contributed by atoms with Gasteiger partial charge in [0.05, 0.1) is 5.60 Å². The van der Waals surface area contributed by atoms with E-state index in [0.29, 0.717) is 11.7 Å². The molecule has 100 valence electrons. The average Bonchev–Trinajstić information content (AvgIpc) is 2.30. The molecule has 1 saturated carbocycles. The molecule has 0 N–H and O–H groups in total. The van der Waals surface area contributed by atoms with Crippen LogP contribution in [0.15, 0.2) is 0 Å². The fourth-order valence-electron chi connectivity index (χ4n) is 2.78. The van der Waals surface area contributed by atoms with Gasteiger partial charge in [-0.05, 0) is 45.4 Å². The van der Waals surface area contributed by atoms with Gasteiger partial charge >= 0.3 is 0 Å². The zero-order valence-electron chi connectivity index (χ0n) is 11.9. The molecular formula is C15H28O2. The zero-order valence-corrected chi connectivity index (χ0v) is 11.9. The highest BCUT2D eigenvalue weighted by Crippen LogP contribution is 2.33. The lowest BCUT2D eigenvalue weighted by atomic mass is 9.76. The number of hydrogen-bond acceptors (Lipinski definition) is 2. The molecule has 0 aliphatic heterocycles. The summed E-state index contributed by atoms with van der Waals surface area (Å²) in [5, 5.41) is 0. The van der Waals surface area contributed by atoms with Gasteiger partial charge in [-0.3, -0.25) is 4.79 Å². The number of carbonyl (C=O) groups excluding carboxylic acids is 1. The summed E-state index contributed by atoms with van der Waals surface area (Å²) in [5.41, 5.74) is -0.0853. The third-order valence-corrected chi connectivity index (χ3v) is 4.22. The van der Waals surface area contributed by atoms with E-state index < -0.39 is 0 Å². The first-order valence-corrected chi connectivity index (χ1v) is 7.06. The molecule has 0 aromatic carbocycles. The number of ether oxygens (including phenoxy) is 1. The van der Waals surface area contributed by atoms with Gasteiger partial charge in [-0.25, -0.2) is 0 Å². The Labute approximate surface area is 106 Å². The predicted octanol–water partition coefficient (Wildman–Crippen LogP) is 3.98. The molecule has 2 unspecified atom stereocenters. The molecule has 0 spiro atoms. The fraction of sp³-hybridized carbons (Fsp3) is 0.933. The maximum atomic E-state index is 11.9. The van der Waals surface area contributed by atoms with Crippen molar-refractivity contribution in [1.29, 1.82) is 0 Å². The predicted molar refractivity (Wildman–Crippen MR) is 71.1 cm³/mol. The van der Waals surface area contributed by atoms with E-state index in [9.17, 15) is 4.79 Å². The maximum absolute atomic E-state index is 11.9. The van der Waals surface area contributed by atoms with Gasteiger partial charge in [-0.15, -0.1) is 0 Å². The quantitative estimate of drug-likeness (QED) is 0.702. The molecule has 1 aliphatic carbocycles. The highest BCUT2D eigenvalue weighted by molar-refractivity contribution is 5.81. The molecule has 2 atom stereocenters. The van der Waals surface area contributed by atoms with E-state index in [1.807, 2.05) is 0 Å². The zero-order chi connectivity index (χ0) is 12.9. The standard InChI is InChI=1S/C15H28O2/c1-5-6-12-7-8-14(16)13(11-12)9-10-15(2,3)17-4/h12-13H,5-11H2,1-4H3. The first kappa shape index (κ1) is 14.7. The number of methoxy groups -OCH3 is 1. The van der Waals surface area contributed by atoms with Crippen LogP contribution in [0.4, 0.5) is 0 Å². The van der Waals surface area contributed by atoms with Gasteiger partial charge in [0.25, 0.3) is 0 Å². The molecule has 0 radical (unpaired) electrons. The second-order valence-electron chi connectivity index (χ2n) is 6.09. The van der Waals surface area contributed by atoms with Crippen molar-refractivity contribution in [1.82, 2.24) is 0 Å². The lowest BCUT2D eigenvalue weighted by molar-refractivity contribution is -0.126. The summed E-state index contributed by atoms with van der Waals surface area (Å²) in [6.45, 7) is 6.44. The Morgan fingerprint density at radius 3 is 2.65 bits per heavy atom. The summed E-state index contributed by atoms with van der Waals surface area (Å²) in [6.07, 6.45) is 7.57. The minimum atomic E-state index is -0.0853. The third-order valence-electron chi connectivity index (χ3n) is 4.22. The molecular weight excluding hydrogens is 212 g/mol. The minimum Gasteiger partial charge on any atom is -0.379 e. The van der Waals surface area contributed by atoms with E-state index in [1.54, 1.807) is 7.11 Å². The van der Waals surface area contributed by atoms with Gasteiger partial charge in [0, 0.05) is 19.4 Å².